The smallest absolute Gasteiger partial charge is 0.155 e. The van der Waals surface area contributed by atoms with Crippen LogP contribution < -0.4 is 11.1 Å². The lowest BCUT2D eigenvalue weighted by atomic mass is 9.91. The van der Waals surface area contributed by atoms with Gasteiger partial charge in [-0.3, -0.25) is 0 Å². The minimum Gasteiger partial charge on any atom is -0.508 e. The summed E-state index contributed by atoms with van der Waals surface area (Å²) < 4.78 is 6.12. The van der Waals surface area contributed by atoms with E-state index in [0.717, 1.165) is 0 Å². The molecule has 0 fully saturated rings. The Morgan fingerprint density at radius 3 is 2.03 bits per heavy atom. The maximum absolute atomic E-state index is 10.6. The number of phenolic OH excluding ortho intramolecular Hbond substituents is 4. The summed E-state index contributed by atoms with van der Waals surface area (Å²) in [6.07, 6.45) is 0. The molecule has 36 heavy (non-hydrogen) atoms. The van der Waals surface area contributed by atoms with E-state index in [-0.39, 0.29) is 33.9 Å². The molecule has 182 valence electrons. The number of hydrogen-bond donors (Lipinski definition) is 6. The molecular weight excluding hydrogens is 458 g/mol. The zero-order chi connectivity index (χ0) is 26.0. The van der Waals surface area contributed by atoms with Crippen LogP contribution in [0.3, 0.4) is 0 Å². The summed E-state index contributed by atoms with van der Waals surface area (Å²) in [5.74, 6) is -0.0406. The van der Waals surface area contributed by atoms with Crippen LogP contribution in [-0.2, 0) is 0 Å². The van der Waals surface area contributed by atoms with Crippen LogP contribution in [0.5, 0.6) is 23.0 Å². The molecule has 0 aromatic heterocycles. The molecule has 0 unspecified atom stereocenters. The van der Waals surface area contributed by atoms with Crippen molar-refractivity contribution in [2.75, 3.05) is 5.73 Å². The van der Waals surface area contributed by atoms with Gasteiger partial charge in [0, 0.05) is 40.6 Å². The van der Waals surface area contributed by atoms with Crippen LogP contribution in [0.4, 0.5) is 5.69 Å². The molecule has 1 aliphatic carbocycles. The van der Waals surface area contributed by atoms with Gasteiger partial charge in [0.25, 0.3) is 0 Å². The number of rotatable bonds is 2. The molecule has 3 aromatic carbocycles. The number of anilines is 1. The van der Waals surface area contributed by atoms with Gasteiger partial charge >= 0.3 is 0 Å². The van der Waals surface area contributed by atoms with E-state index in [0.29, 0.717) is 67.2 Å². The highest BCUT2D eigenvalue weighted by molar-refractivity contribution is 5.97. The largest absolute Gasteiger partial charge is 0.508 e. The number of nitrogens with one attached hydrogen (secondary N) is 1. The fourth-order valence-corrected chi connectivity index (χ4v) is 4.98. The third-order valence-corrected chi connectivity index (χ3v) is 6.53. The Bertz CT molecular complexity index is 1710. The molecule has 1 heterocycles. The van der Waals surface area contributed by atoms with E-state index in [2.05, 4.69) is 0 Å². The molecule has 0 amide bonds. The van der Waals surface area contributed by atoms with Crippen LogP contribution in [0.15, 0.2) is 40.8 Å². The zero-order valence-electron chi connectivity index (χ0n) is 20.2. The number of nitrogens with two attached hydrogens (primary N) is 1. The topological polar surface area (TPSA) is 157 Å². The molecule has 0 saturated heterocycles. The van der Waals surface area contributed by atoms with Gasteiger partial charge in [0.15, 0.2) is 11.3 Å². The normalized spacial score (nSPS) is 11.4. The predicted octanol–water partition coefficient (Wildman–Crippen LogP) is 5.38. The second-order valence-corrected chi connectivity index (χ2v) is 9.13. The molecule has 0 radical (unpaired) electrons. The average Bonchev–Trinajstić information content (AvgIpc) is 2.76. The number of hydrogen-bond acceptors (Lipinski definition) is 8. The van der Waals surface area contributed by atoms with Crippen molar-refractivity contribution in [2.24, 2.45) is 0 Å². The summed E-state index contributed by atoms with van der Waals surface area (Å²) in [5.41, 5.74) is 12.1. The van der Waals surface area contributed by atoms with Crippen molar-refractivity contribution >= 4 is 16.8 Å². The summed E-state index contributed by atoms with van der Waals surface area (Å²) >= 11 is 0. The van der Waals surface area contributed by atoms with Gasteiger partial charge < -0.3 is 36.0 Å². The fourth-order valence-electron chi connectivity index (χ4n) is 4.98. The Kier molecular flexibility index (Phi) is 5.06. The summed E-state index contributed by atoms with van der Waals surface area (Å²) in [5, 5.41) is 50.4. The lowest BCUT2D eigenvalue weighted by Gasteiger charge is -2.19. The van der Waals surface area contributed by atoms with E-state index in [1.807, 2.05) is 0 Å². The van der Waals surface area contributed by atoms with Crippen molar-refractivity contribution in [1.29, 1.82) is 5.41 Å². The Hall–Kier alpha value is -4.72. The minimum absolute atomic E-state index is 0.0683. The van der Waals surface area contributed by atoms with Gasteiger partial charge in [0.1, 0.15) is 34.2 Å². The molecule has 1 aliphatic heterocycles. The van der Waals surface area contributed by atoms with Crippen LogP contribution in [0, 0.1) is 33.1 Å². The lowest BCUT2D eigenvalue weighted by molar-refractivity contribution is 0.450. The maximum Gasteiger partial charge on any atom is 0.155 e. The number of aryl methyl sites for hydroxylation is 3. The van der Waals surface area contributed by atoms with Gasteiger partial charge in [-0.05, 0) is 68.1 Å². The van der Waals surface area contributed by atoms with Gasteiger partial charge in [-0.1, -0.05) is 0 Å². The molecule has 0 bridgehead atoms. The third-order valence-electron chi connectivity index (χ3n) is 6.53. The highest BCUT2D eigenvalue weighted by Gasteiger charge is 2.24. The quantitative estimate of drug-likeness (QED) is 0.145. The SMILES string of the molecule is Cc1cc(O)c(-c2c(N)cc3oc4cc(=N)c(-c5c(C)cc(O)cc5O)c(C)c-4nc3c2C)c(O)c1. The van der Waals surface area contributed by atoms with Crippen LogP contribution in [0.2, 0.25) is 0 Å². The zero-order valence-corrected chi connectivity index (χ0v) is 20.2. The van der Waals surface area contributed by atoms with E-state index in [9.17, 15) is 20.4 Å². The van der Waals surface area contributed by atoms with E-state index in [4.69, 9.17) is 20.5 Å². The Labute approximate surface area is 206 Å². The number of aromatic hydroxyl groups is 4. The van der Waals surface area contributed by atoms with Gasteiger partial charge in [-0.2, -0.15) is 0 Å². The average molecular weight is 484 g/mol. The maximum atomic E-state index is 10.6. The van der Waals surface area contributed by atoms with E-state index < -0.39 is 0 Å². The number of aromatic nitrogens is 1. The monoisotopic (exact) mass is 483 g/mol. The number of nitrogen functional groups attached to an aromatic ring is 1. The van der Waals surface area contributed by atoms with Gasteiger partial charge in [-0.25, -0.2) is 4.98 Å². The number of phenols is 4. The van der Waals surface area contributed by atoms with Gasteiger partial charge in [0.05, 0.1) is 10.9 Å². The molecular formula is C28H25N3O5. The number of benzene rings is 4. The van der Waals surface area contributed by atoms with Crippen LogP contribution in [-0.4, -0.2) is 25.4 Å². The molecule has 2 aliphatic rings. The first-order valence-electron chi connectivity index (χ1n) is 11.3. The van der Waals surface area contributed by atoms with Crippen LogP contribution in [0.1, 0.15) is 22.3 Å². The first-order valence-corrected chi connectivity index (χ1v) is 11.3. The van der Waals surface area contributed by atoms with Crippen molar-refractivity contribution in [3.63, 3.8) is 0 Å². The molecule has 5 rings (SSSR count). The number of nitrogens with zero attached hydrogens (tertiary/aromatic N) is 1. The Morgan fingerprint density at radius 1 is 0.750 bits per heavy atom. The summed E-state index contributed by atoms with van der Waals surface area (Å²) in [6.45, 7) is 7.09. The van der Waals surface area contributed by atoms with Crippen molar-refractivity contribution < 1.29 is 24.8 Å². The summed E-state index contributed by atoms with van der Waals surface area (Å²) in [4.78, 5) is 4.86. The van der Waals surface area contributed by atoms with Gasteiger partial charge in [0.2, 0.25) is 0 Å². The lowest BCUT2D eigenvalue weighted by Crippen LogP contribution is -2.11. The van der Waals surface area contributed by atoms with E-state index in [1.54, 1.807) is 45.9 Å². The molecule has 0 spiro atoms. The molecule has 0 saturated carbocycles. The second-order valence-electron chi connectivity index (χ2n) is 9.13. The Morgan fingerprint density at radius 2 is 1.39 bits per heavy atom. The molecule has 8 nitrogen and oxygen atoms in total. The van der Waals surface area contributed by atoms with Crippen molar-refractivity contribution in [2.45, 2.75) is 27.7 Å². The first kappa shape index (κ1) is 23.0. The second kappa shape index (κ2) is 7.91. The van der Waals surface area contributed by atoms with Crippen LogP contribution >= 0.6 is 0 Å². The minimum atomic E-state index is -0.141. The molecule has 3 aromatic rings. The number of fused-ring (bicyclic) bond motifs is 2. The van der Waals surface area contributed by atoms with E-state index in [1.165, 1.54) is 18.2 Å². The molecule has 8 heteroatoms. The van der Waals surface area contributed by atoms with Crippen molar-refractivity contribution in [1.82, 2.24) is 4.98 Å². The Balaban J connectivity index is 1.85. The predicted molar refractivity (Wildman–Crippen MR) is 137 cm³/mol. The van der Waals surface area contributed by atoms with Crippen LogP contribution in [0.25, 0.3) is 44.8 Å². The summed E-state index contributed by atoms with van der Waals surface area (Å²) in [6, 6.07) is 8.99. The van der Waals surface area contributed by atoms with Crippen molar-refractivity contribution in [3.05, 3.63) is 64.0 Å². The van der Waals surface area contributed by atoms with E-state index >= 15 is 0 Å². The highest BCUT2D eigenvalue weighted by atomic mass is 16.3. The fraction of sp³-hybridized carbons (Fsp3) is 0.143. The molecule has 0 atom stereocenters. The first-order chi connectivity index (χ1) is 17.0. The van der Waals surface area contributed by atoms with Crippen molar-refractivity contribution in [3.8, 4) is 56.7 Å². The third kappa shape index (κ3) is 3.38. The van der Waals surface area contributed by atoms with Gasteiger partial charge in [-0.15, -0.1) is 0 Å². The molecule has 7 N–H and O–H groups in total. The highest BCUT2D eigenvalue weighted by Crippen LogP contribution is 2.45. The standard InChI is InChI=1S/C28H25N3O5/c1-11-5-18(33)26(19(34)6-11)25-14(4)28-22(10-17(25)30)36-21-9-16(29)24(13(3)27(21)31-28)23-12(2)7-15(32)8-20(23)35/h5-10,29,32-35H,30H2,1-4H3. The summed E-state index contributed by atoms with van der Waals surface area (Å²) in [7, 11) is 0.